The number of hydrogen-bond donors (Lipinski definition) is 1. The maximum atomic E-state index is 11.8. The number of aryl methyl sites for hydroxylation is 1. The Kier molecular flexibility index (Phi) is 5.60. The molecule has 86 valence electrons. The van der Waals surface area contributed by atoms with E-state index in [9.17, 15) is 13.2 Å². The fourth-order valence-electron chi connectivity index (χ4n) is 0.994. The summed E-state index contributed by atoms with van der Waals surface area (Å²) in [4.78, 5) is 3.87. The highest BCUT2D eigenvalue weighted by Gasteiger charge is 2.26. The van der Waals surface area contributed by atoms with Crippen LogP contribution in [0.15, 0.2) is 18.3 Å². The molecule has 0 saturated heterocycles. The van der Waals surface area contributed by atoms with Crippen LogP contribution in [0, 0.1) is 0 Å². The molecule has 0 atom stereocenters. The molecule has 0 amide bonds. The van der Waals surface area contributed by atoms with E-state index in [2.05, 4.69) is 4.98 Å². The van der Waals surface area contributed by atoms with Crippen LogP contribution in [0.4, 0.5) is 13.2 Å². The van der Waals surface area contributed by atoms with E-state index in [1.54, 1.807) is 12.1 Å². The van der Waals surface area contributed by atoms with Crippen LogP contribution in [-0.4, -0.2) is 11.2 Å². The predicted molar refractivity (Wildman–Crippen MR) is 53.8 cm³/mol. The fraction of sp³-hybridized carbons (Fsp3) is 0.444. The molecule has 0 spiro atoms. The number of aromatic nitrogens is 1. The number of rotatable bonds is 3. The zero-order chi connectivity index (χ0) is 10.6. The van der Waals surface area contributed by atoms with Gasteiger partial charge in [-0.1, -0.05) is 6.07 Å². The zero-order valence-electron chi connectivity index (χ0n) is 7.92. The van der Waals surface area contributed by atoms with Crippen molar-refractivity contribution >= 4 is 12.4 Å². The van der Waals surface area contributed by atoms with E-state index in [1.165, 1.54) is 6.20 Å². The molecule has 1 aromatic heterocycles. The molecule has 2 N–H and O–H groups in total. The highest BCUT2D eigenvalue weighted by Crippen LogP contribution is 2.21. The Balaban J connectivity index is 0.00000196. The molecular weight excluding hydrogens is 229 g/mol. The highest BCUT2D eigenvalue weighted by atomic mass is 35.5. The molecule has 1 heterocycles. The van der Waals surface area contributed by atoms with E-state index in [1.807, 2.05) is 0 Å². The van der Waals surface area contributed by atoms with E-state index in [4.69, 9.17) is 5.73 Å². The van der Waals surface area contributed by atoms with Gasteiger partial charge in [-0.3, -0.25) is 4.98 Å². The average molecular weight is 241 g/mol. The first-order valence-electron chi connectivity index (χ1n) is 4.22. The summed E-state index contributed by atoms with van der Waals surface area (Å²) in [6.45, 7) is 0.354. The van der Waals surface area contributed by atoms with Gasteiger partial charge in [0.15, 0.2) is 0 Å². The van der Waals surface area contributed by atoms with Crippen molar-refractivity contribution < 1.29 is 13.2 Å². The molecule has 1 aromatic rings. The molecule has 0 aliphatic heterocycles. The summed E-state index contributed by atoms with van der Waals surface area (Å²) in [5.74, 6) is 0. The normalized spacial score (nSPS) is 10.9. The van der Waals surface area contributed by atoms with Crippen molar-refractivity contribution in [2.45, 2.75) is 25.6 Å². The van der Waals surface area contributed by atoms with Crippen LogP contribution in [0.25, 0.3) is 0 Å². The molecule has 0 aliphatic rings. The predicted octanol–water partition coefficient (Wildman–Crippen LogP) is 2.46. The van der Waals surface area contributed by atoms with E-state index in [0.717, 1.165) is 5.56 Å². The molecule has 0 unspecified atom stereocenters. The van der Waals surface area contributed by atoms with Gasteiger partial charge in [0, 0.05) is 24.9 Å². The number of nitrogens with two attached hydrogens (primary N) is 1. The van der Waals surface area contributed by atoms with Gasteiger partial charge in [0.25, 0.3) is 0 Å². The Hall–Kier alpha value is -0.810. The molecule has 1 rings (SSSR count). The standard InChI is InChI=1S/C9H11F3N2.ClH/c10-9(11,12)4-3-8-2-1-7(5-13)6-14-8;/h1-2,6H,3-5,13H2;1H. The SMILES string of the molecule is Cl.NCc1ccc(CCC(F)(F)F)nc1. The van der Waals surface area contributed by atoms with Crippen molar-refractivity contribution in [1.29, 1.82) is 0 Å². The summed E-state index contributed by atoms with van der Waals surface area (Å²) in [5, 5.41) is 0. The van der Waals surface area contributed by atoms with Crippen LogP contribution in [-0.2, 0) is 13.0 Å². The van der Waals surface area contributed by atoms with Gasteiger partial charge in [0.05, 0.1) is 0 Å². The van der Waals surface area contributed by atoms with Crippen LogP contribution in [0.3, 0.4) is 0 Å². The number of nitrogens with zero attached hydrogens (tertiary/aromatic N) is 1. The van der Waals surface area contributed by atoms with Crippen molar-refractivity contribution in [3.63, 3.8) is 0 Å². The number of halogens is 4. The van der Waals surface area contributed by atoms with Crippen LogP contribution in [0.5, 0.6) is 0 Å². The van der Waals surface area contributed by atoms with Gasteiger partial charge in [0.1, 0.15) is 0 Å². The third kappa shape index (κ3) is 5.59. The Morgan fingerprint density at radius 3 is 2.33 bits per heavy atom. The van der Waals surface area contributed by atoms with Crippen LogP contribution in [0.2, 0.25) is 0 Å². The maximum Gasteiger partial charge on any atom is 0.389 e. The minimum absolute atomic E-state index is 0. The summed E-state index contributed by atoms with van der Waals surface area (Å²) < 4.78 is 35.5. The molecule has 0 aliphatic carbocycles. The topological polar surface area (TPSA) is 38.9 Å². The lowest BCUT2D eigenvalue weighted by atomic mass is 10.2. The van der Waals surface area contributed by atoms with Gasteiger partial charge in [-0.05, 0) is 18.1 Å². The van der Waals surface area contributed by atoms with Gasteiger partial charge in [-0.25, -0.2) is 0 Å². The van der Waals surface area contributed by atoms with Crippen LogP contribution < -0.4 is 5.73 Å². The first-order valence-corrected chi connectivity index (χ1v) is 4.22. The summed E-state index contributed by atoms with van der Waals surface area (Å²) in [6, 6.07) is 3.27. The minimum atomic E-state index is -4.12. The second-order valence-corrected chi connectivity index (χ2v) is 2.98. The molecule has 0 fully saturated rings. The van der Waals surface area contributed by atoms with Crippen molar-refractivity contribution in [1.82, 2.24) is 4.98 Å². The first-order chi connectivity index (χ1) is 6.51. The Bertz CT molecular complexity index is 284. The summed E-state index contributed by atoms with van der Waals surface area (Å²) >= 11 is 0. The van der Waals surface area contributed by atoms with E-state index in [0.29, 0.717) is 12.2 Å². The number of alkyl halides is 3. The van der Waals surface area contributed by atoms with Gasteiger partial charge in [-0.2, -0.15) is 13.2 Å². The Labute approximate surface area is 92.1 Å². The summed E-state index contributed by atoms with van der Waals surface area (Å²) in [6.07, 6.45) is -3.52. The smallest absolute Gasteiger partial charge is 0.326 e. The molecule has 0 bridgehead atoms. The maximum absolute atomic E-state index is 11.8. The summed E-state index contributed by atoms with van der Waals surface area (Å²) in [5.41, 5.74) is 6.59. The molecule has 6 heteroatoms. The Morgan fingerprint density at radius 1 is 1.27 bits per heavy atom. The third-order valence-corrected chi connectivity index (χ3v) is 1.79. The highest BCUT2D eigenvalue weighted by molar-refractivity contribution is 5.85. The molecular formula is C9H12ClF3N2. The second kappa shape index (κ2) is 5.92. The van der Waals surface area contributed by atoms with Gasteiger partial charge in [-0.15, -0.1) is 12.4 Å². The molecule has 2 nitrogen and oxygen atoms in total. The van der Waals surface area contributed by atoms with E-state index >= 15 is 0 Å². The molecule has 0 radical (unpaired) electrons. The number of pyridine rings is 1. The molecule has 0 saturated carbocycles. The van der Waals surface area contributed by atoms with Crippen molar-refractivity contribution in [2.75, 3.05) is 0 Å². The fourth-order valence-corrected chi connectivity index (χ4v) is 0.994. The largest absolute Gasteiger partial charge is 0.389 e. The quantitative estimate of drug-likeness (QED) is 0.882. The number of hydrogen-bond acceptors (Lipinski definition) is 2. The van der Waals surface area contributed by atoms with Gasteiger partial charge < -0.3 is 5.73 Å². The lowest BCUT2D eigenvalue weighted by molar-refractivity contribution is -0.134. The van der Waals surface area contributed by atoms with Gasteiger partial charge >= 0.3 is 6.18 Å². The molecule has 0 aromatic carbocycles. The van der Waals surface area contributed by atoms with Crippen molar-refractivity contribution in [3.8, 4) is 0 Å². The van der Waals surface area contributed by atoms with E-state index in [-0.39, 0.29) is 18.8 Å². The first kappa shape index (κ1) is 14.2. The summed E-state index contributed by atoms with van der Waals surface area (Å²) in [7, 11) is 0. The monoisotopic (exact) mass is 240 g/mol. The van der Waals surface area contributed by atoms with E-state index < -0.39 is 12.6 Å². The zero-order valence-corrected chi connectivity index (χ0v) is 8.74. The Morgan fingerprint density at radius 2 is 1.93 bits per heavy atom. The van der Waals surface area contributed by atoms with Crippen LogP contribution >= 0.6 is 12.4 Å². The van der Waals surface area contributed by atoms with Crippen molar-refractivity contribution in [2.24, 2.45) is 5.73 Å². The third-order valence-electron chi connectivity index (χ3n) is 1.79. The van der Waals surface area contributed by atoms with Crippen LogP contribution in [0.1, 0.15) is 17.7 Å². The minimum Gasteiger partial charge on any atom is -0.326 e. The molecule has 15 heavy (non-hydrogen) atoms. The second-order valence-electron chi connectivity index (χ2n) is 2.98. The van der Waals surface area contributed by atoms with Crippen molar-refractivity contribution in [3.05, 3.63) is 29.6 Å². The van der Waals surface area contributed by atoms with Gasteiger partial charge in [0.2, 0.25) is 0 Å². The average Bonchev–Trinajstić information content (AvgIpc) is 2.14. The lowest BCUT2D eigenvalue weighted by Gasteiger charge is -2.05. The lowest BCUT2D eigenvalue weighted by Crippen LogP contribution is -2.09.